The summed E-state index contributed by atoms with van der Waals surface area (Å²) in [6.45, 7) is 1.56. The Bertz CT molecular complexity index is 776. The van der Waals surface area contributed by atoms with Crippen molar-refractivity contribution in [3.63, 3.8) is 0 Å². The van der Waals surface area contributed by atoms with Crippen LogP contribution in [0.3, 0.4) is 0 Å². The van der Waals surface area contributed by atoms with E-state index >= 15 is 0 Å². The van der Waals surface area contributed by atoms with Crippen molar-refractivity contribution in [2.75, 3.05) is 26.7 Å². The van der Waals surface area contributed by atoms with Gasteiger partial charge in [-0.15, -0.1) is 24.0 Å². The summed E-state index contributed by atoms with van der Waals surface area (Å²) in [7, 11) is 1.68. The molecule has 1 aromatic heterocycles. The van der Waals surface area contributed by atoms with E-state index in [1.807, 2.05) is 12.1 Å². The molecule has 1 heterocycles. The van der Waals surface area contributed by atoms with Crippen LogP contribution in [0.25, 0.3) is 0 Å². The first-order valence-electron chi connectivity index (χ1n) is 8.66. The molecular formula is C19H24FIN4O2. The molecule has 3 N–H and O–H groups in total. The van der Waals surface area contributed by atoms with Crippen molar-refractivity contribution in [3.8, 4) is 0 Å². The Morgan fingerprint density at radius 3 is 2.52 bits per heavy atom. The van der Waals surface area contributed by atoms with E-state index in [4.69, 9.17) is 4.42 Å². The molecule has 0 atom stereocenters. The number of nitrogens with one attached hydrogen (secondary N) is 3. The lowest BCUT2D eigenvalue weighted by molar-refractivity contribution is 0.0926. The molecule has 1 aliphatic carbocycles. The summed E-state index contributed by atoms with van der Waals surface area (Å²) in [4.78, 5) is 15.9. The zero-order valence-electron chi connectivity index (χ0n) is 15.1. The van der Waals surface area contributed by atoms with E-state index in [0.717, 1.165) is 18.4 Å². The predicted molar refractivity (Wildman–Crippen MR) is 113 cm³/mol. The molecule has 8 heteroatoms. The second-order valence-electron chi connectivity index (χ2n) is 6.35. The van der Waals surface area contributed by atoms with E-state index in [1.54, 1.807) is 25.2 Å². The summed E-state index contributed by atoms with van der Waals surface area (Å²) in [6.07, 6.45) is 3.37. The Morgan fingerprint density at radius 1 is 1.15 bits per heavy atom. The molecule has 0 bridgehead atoms. The number of amides is 1. The third-order valence-corrected chi connectivity index (χ3v) is 4.56. The van der Waals surface area contributed by atoms with E-state index in [-0.39, 0.29) is 46.9 Å². The molecule has 1 aliphatic rings. The van der Waals surface area contributed by atoms with Crippen LogP contribution in [0.5, 0.6) is 0 Å². The molecule has 146 valence electrons. The summed E-state index contributed by atoms with van der Waals surface area (Å²) in [5.74, 6) is 0.500. The van der Waals surface area contributed by atoms with E-state index in [0.29, 0.717) is 25.6 Å². The number of carbonyl (C=O) groups excluding carboxylic acids is 1. The minimum Gasteiger partial charge on any atom is -0.459 e. The summed E-state index contributed by atoms with van der Waals surface area (Å²) in [5.41, 5.74) is 0.602. The summed E-state index contributed by atoms with van der Waals surface area (Å²) >= 11 is 0. The lowest BCUT2D eigenvalue weighted by atomic mass is 9.95. The number of hydrogen-bond donors (Lipinski definition) is 3. The normalized spacial score (nSPS) is 14.8. The van der Waals surface area contributed by atoms with E-state index in [1.165, 1.54) is 12.3 Å². The Kier molecular flexibility index (Phi) is 7.64. The molecular weight excluding hydrogens is 462 g/mol. The molecule has 1 aromatic carbocycles. The van der Waals surface area contributed by atoms with Crippen LogP contribution in [0.15, 0.2) is 52.1 Å². The summed E-state index contributed by atoms with van der Waals surface area (Å²) in [6, 6.07) is 10.2. The van der Waals surface area contributed by atoms with Crippen molar-refractivity contribution in [2.45, 2.75) is 18.3 Å². The maximum atomic E-state index is 14.1. The van der Waals surface area contributed by atoms with Crippen LogP contribution in [0.1, 0.15) is 29.0 Å². The van der Waals surface area contributed by atoms with Gasteiger partial charge in [-0.2, -0.15) is 0 Å². The number of benzene rings is 1. The Balaban J connectivity index is 0.00000261. The first-order valence-corrected chi connectivity index (χ1v) is 8.66. The molecule has 3 rings (SSSR count). The van der Waals surface area contributed by atoms with Crippen LogP contribution in [0, 0.1) is 5.82 Å². The average molecular weight is 486 g/mol. The van der Waals surface area contributed by atoms with Gasteiger partial charge >= 0.3 is 0 Å². The molecule has 6 nitrogen and oxygen atoms in total. The number of furan rings is 1. The number of nitrogens with zero attached hydrogens (tertiary/aromatic N) is 1. The quantitative estimate of drug-likeness (QED) is 0.244. The minimum absolute atomic E-state index is 0. The van der Waals surface area contributed by atoms with E-state index in [9.17, 15) is 9.18 Å². The van der Waals surface area contributed by atoms with Crippen LogP contribution >= 0.6 is 24.0 Å². The van der Waals surface area contributed by atoms with Crippen LogP contribution in [-0.2, 0) is 5.41 Å². The maximum absolute atomic E-state index is 14.1. The highest BCUT2D eigenvalue weighted by Gasteiger charge is 2.45. The molecule has 0 saturated heterocycles. The van der Waals surface area contributed by atoms with Gasteiger partial charge in [-0.1, -0.05) is 18.2 Å². The van der Waals surface area contributed by atoms with Crippen molar-refractivity contribution in [3.05, 3.63) is 59.8 Å². The first kappa shape index (κ1) is 21.2. The highest BCUT2D eigenvalue weighted by molar-refractivity contribution is 14.0. The summed E-state index contributed by atoms with van der Waals surface area (Å²) < 4.78 is 19.1. The fourth-order valence-corrected chi connectivity index (χ4v) is 2.91. The third-order valence-electron chi connectivity index (χ3n) is 4.56. The molecule has 0 radical (unpaired) electrons. The number of halogens is 2. The molecule has 1 saturated carbocycles. The van der Waals surface area contributed by atoms with Gasteiger partial charge in [0.1, 0.15) is 5.82 Å². The number of guanidine groups is 1. The Morgan fingerprint density at radius 2 is 1.89 bits per heavy atom. The van der Waals surface area contributed by atoms with Crippen molar-refractivity contribution < 1.29 is 13.6 Å². The van der Waals surface area contributed by atoms with Gasteiger partial charge in [0.25, 0.3) is 5.91 Å². The Labute approximate surface area is 175 Å². The van der Waals surface area contributed by atoms with Crippen molar-refractivity contribution >= 4 is 35.8 Å². The molecule has 1 amide bonds. The molecule has 2 aromatic rings. The van der Waals surface area contributed by atoms with E-state index < -0.39 is 0 Å². The van der Waals surface area contributed by atoms with Crippen molar-refractivity contribution in [1.82, 2.24) is 16.0 Å². The topological polar surface area (TPSA) is 78.7 Å². The van der Waals surface area contributed by atoms with Gasteiger partial charge in [0.05, 0.1) is 6.26 Å². The SMILES string of the molecule is CN=C(NCCNC(=O)c1ccco1)NCC1(c2ccccc2F)CC1.I. The van der Waals surface area contributed by atoms with Crippen LogP contribution < -0.4 is 16.0 Å². The van der Waals surface area contributed by atoms with Gasteiger partial charge in [-0.05, 0) is 36.6 Å². The van der Waals surface area contributed by atoms with Gasteiger partial charge < -0.3 is 20.4 Å². The molecule has 0 unspecified atom stereocenters. The highest BCUT2D eigenvalue weighted by Crippen LogP contribution is 2.48. The average Bonchev–Trinajstić information content (AvgIpc) is 3.23. The van der Waals surface area contributed by atoms with Gasteiger partial charge in [0.2, 0.25) is 0 Å². The zero-order valence-corrected chi connectivity index (χ0v) is 17.5. The van der Waals surface area contributed by atoms with Crippen LogP contribution in [-0.4, -0.2) is 38.5 Å². The van der Waals surface area contributed by atoms with E-state index in [2.05, 4.69) is 20.9 Å². The highest BCUT2D eigenvalue weighted by atomic mass is 127. The fourth-order valence-electron chi connectivity index (χ4n) is 2.91. The lowest BCUT2D eigenvalue weighted by Crippen LogP contribution is -2.44. The second kappa shape index (κ2) is 9.72. The number of carbonyl (C=O) groups is 1. The fraction of sp³-hybridized carbons (Fsp3) is 0.368. The van der Waals surface area contributed by atoms with Gasteiger partial charge in [0, 0.05) is 32.1 Å². The number of rotatable bonds is 7. The molecule has 0 aliphatic heterocycles. The number of aliphatic imine (C=N–C) groups is 1. The second-order valence-corrected chi connectivity index (χ2v) is 6.35. The monoisotopic (exact) mass is 486 g/mol. The maximum Gasteiger partial charge on any atom is 0.287 e. The van der Waals surface area contributed by atoms with Crippen LogP contribution in [0.2, 0.25) is 0 Å². The lowest BCUT2D eigenvalue weighted by Gasteiger charge is -2.19. The van der Waals surface area contributed by atoms with Crippen molar-refractivity contribution in [2.24, 2.45) is 4.99 Å². The first-order chi connectivity index (χ1) is 12.6. The van der Waals surface area contributed by atoms with Gasteiger partial charge in [0.15, 0.2) is 11.7 Å². The van der Waals surface area contributed by atoms with Gasteiger partial charge in [-0.25, -0.2) is 4.39 Å². The van der Waals surface area contributed by atoms with Crippen molar-refractivity contribution in [1.29, 1.82) is 0 Å². The Hall–Kier alpha value is -2.10. The molecule has 27 heavy (non-hydrogen) atoms. The third kappa shape index (κ3) is 5.44. The predicted octanol–water partition coefficient (Wildman–Crippen LogP) is 2.66. The number of hydrogen-bond acceptors (Lipinski definition) is 3. The zero-order chi connectivity index (χ0) is 18.4. The minimum atomic E-state index is -0.253. The largest absolute Gasteiger partial charge is 0.459 e. The smallest absolute Gasteiger partial charge is 0.287 e. The van der Waals surface area contributed by atoms with Gasteiger partial charge in [-0.3, -0.25) is 9.79 Å². The summed E-state index contributed by atoms with van der Waals surface area (Å²) in [5, 5.41) is 9.15. The van der Waals surface area contributed by atoms with Crippen LogP contribution in [0.4, 0.5) is 4.39 Å². The molecule has 0 spiro atoms. The standard InChI is InChI=1S/C19H23FN4O2.HI/c1-21-18(23-11-10-22-17(25)16-7-4-12-26-16)24-13-19(8-9-19)14-5-2-3-6-15(14)20;/h2-7,12H,8-11,13H2,1H3,(H,22,25)(H2,21,23,24);1H. The molecule has 1 fully saturated rings.